The number of anilines is 1. The third-order valence-electron chi connectivity index (χ3n) is 5.59. The Morgan fingerprint density at radius 2 is 1.81 bits per heavy atom. The first-order valence-electron chi connectivity index (χ1n) is 10.1. The minimum absolute atomic E-state index is 0.158. The van der Waals surface area contributed by atoms with E-state index in [-0.39, 0.29) is 6.10 Å². The maximum absolute atomic E-state index is 5.90. The van der Waals surface area contributed by atoms with Crippen molar-refractivity contribution in [1.82, 2.24) is 4.98 Å². The molecule has 0 spiro atoms. The number of hydrogen-bond acceptors (Lipinski definition) is 4. The van der Waals surface area contributed by atoms with E-state index in [9.17, 15) is 0 Å². The van der Waals surface area contributed by atoms with E-state index in [1.54, 1.807) is 7.11 Å². The number of methoxy groups -OCH3 is 1. The number of hydrogen-bond donors (Lipinski definition) is 1. The predicted octanol–water partition coefficient (Wildman–Crippen LogP) is 6.34. The second kappa shape index (κ2) is 8.13. The topological polar surface area (TPSA) is 47.3 Å². The van der Waals surface area contributed by atoms with Gasteiger partial charge in [-0.25, -0.2) is 0 Å². The third kappa shape index (κ3) is 4.01. The molecule has 1 fully saturated rings. The molecular formula is C23H28N2O2. The van der Waals surface area contributed by atoms with Crippen LogP contribution in [0.2, 0.25) is 0 Å². The molecule has 1 heterocycles. The summed E-state index contributed by atoms with van der Waals surface area (Å²) in [5, 5.41) is 3.47. The highest BCUT2D eigenvalue weighted by Gasteiger charge is 2.16. The summed E-state index contributed by atoms with van der Waals surface area (Å²) in [5.74, 6) is 0. The van der Waals surface area contributed by atoms with Gasteiger partial charge >= 0.3 is 0 Å². The summed E-state index contributed by atoms with van der Waals surface area (Å²) in [6, 6.07) is 16.0. The Balaban J connectivity index is 1.54. The van der Waals surface area contributed by atoms with Gasteiger partial charge in [0, 0.05) is 13.2 Å². The van der Waals surface area contributed by atoms with Crippen molar-refractivity contribution in [2.75, 3.05) is 12.4 Å². The smallest absolute Gasteiger partial charge is 0.295 e. The second-order valence-corrected chi connectivity index (χ2v) is 7.44. The molecule has 0 aliphatic heterocycles. The van der Waals surface area contributed by atoms with Crippen molar-refractivity contribution in [1.29, 1.82) is 0 Å². The van der Waals surface area contributed by atoms with E-state index in [0.29, 0.717) is 12.1 Å². The van der Waals surface area contributed by atoms with Crippen molar-refractivity contribution in [2.45, 2.75) is 57.6 Å². The summed E-state index contributed by atoms with van der Waals surface area (Å²) >= 11 is 0. The minimum atomic E-state index is 0.158. The monoisotopic (exact) mass is 364 g/mol. The summed E-state index contributed by atoms with van der Waals surface area (Å²) in [5.41, 5.74) is 5.27. The molecule has 1 aromatic heterocycles. The molecule has 0 saturated heterocycles. The molecule has 1 aliphatic rings. The molecule has 4 rings (SSSR count). The van der Waals surface area contributed by atoms with Gasteiger partial charge in [-0.1, -0.05) is 56.5 Å². The van der Waals surface area contributed by atoms with Gasteiger partial charge in [-0.15, -0.1) is 0 Å². The first-order chi connectivity index (χ1) is 13.3. The highest BCUT2D eigenvalue weighted by molar-refractivity contribution is 5.81. The van der Waals surface area contributed by atoms with Crippen LogP contribution in [0.15, 0.2) is 46.9 Å². The summed E-state index contributed by atoms with van der Waals surface area (Å²) in [4.78, 5) is 4.67. The van der Waals surface area contributed by atoms with E-state index in [1.807, 2.05) is 6.07 Å². The molecule has 27 heavy (non-hydrogen) atoms. The number of nitrogens with zero attached hydrogens (tertiary/aromatic N) is 1. The first kappa shape index (κ1) is 18.1. The second-order valence-electron chi connectivity index (χ2n) is 7.44. The Hall–Kier alpha value is -2.33. The molecule has 1 unspecified atom stereocenters. The lowest BCUT2D eigenvalue weighted by Crippen LogP contribution is -2.22. The summed E-state index contributed by atoms with van der Waals surface area (Å²) in [6.45, 7) is 2.14. The lowest BCUT2D eigenvalue weighted by molar-refractivity contribution is 0.100. The van der Waals surface area contributed by atoms with Crippen LogP contribution in [0.3, 0.4) is 0 Å². The molecule has 4 heteroatoms. The highest BCUT2D eigenvalue weighted by atomic mass is 16.5. The summed E-state index contributed by atoms with van der Waals surface area (Å²) in [7, 11) is 1.76. The average molecular weight is 364 g/mol. The number of rotatable bonds is 6. The van der Waals surface area contributed by atoms with Crippen molar-refractivity contribution < 1.29 is 9.15 Å². The van der Waals surface area contributed by atoms with Gasteiger partial charge in [-0.05, 0) is 48.1 Å². The molecule has 4 nitrogen and oxygen atoms in total. The maximum Gasteiger partial charge on any atom is 0.295 e. The summed E-state index contributed by atoms with van der Waals surface area (Å²) < 4.78 is 11.4. The van der Waals surface area contributed by atoms with Crippen LogP contribution in [-0.2, 0) is 4.74 Å². The molecule has 1 N–H and O–H groups in total. The van der Waals surface area contributed by atoms with Gasteiger partial charge in [0.15, 0.2) is 5.58 Å². The van der Waals surface area contributed by atoms with Gasteiger partial charge in [-0.2, -0.15) is 4.98 Å². The zero-order valence-electron chi connectivity index (χ0n) is 16.2. The van der Waals surface area contributed by atoms with Gasteiger partial charge in [0.1, 0.15) is 5.52 Å². The number of fused-ring (bicyclic) bond motifs is 1. The molecule has 0 bridgehead atoms. The van der Waals surface area contributed by atoms with E-state index in [2.05, 4.69) is 53.6 Å². The average Bonchev–Trinajstić information content (AvgIpc) is 3.11. The molecular weight excluding hydrogens is 336 g/mol. The molecule has 0 radical (unpaired) electrons. The minimum Gasteiger partial charge on any atom is -0.424 e. The van der Waals surface area contributed by atoms with E-state index < -0.39 is 0 Å². The van der Waals surface area contributed by atoms with Gasteiger partial charge < -0.3 is 14.5 Å². The number of oxazole rings is 1. The number of ether oxygens (including phenoxy) is 1. The quantitative estimate of drug-likeness (QED) is 0.554. The van der Waals surface area contributed by atoms with Crippen molar-refractivity contribution in [3.63, 3.8) is 0 Å². The lowest BCUT2D eigenvalue weighted by Gasteiger charge is -2.21. The Labute approximate surface area is 160 Å². The fourth-order valence-electron chi connectivity index (χ4n) is 4.02. The van der Waals surface area contributed by atoms with Gasteiger partial charge in [0.05, 0.1) is 6.10 Å². The van der Waals surface area contributed by atoms with Crippen LogP contribution in [0.25, 0.3) is 22.2 Å². The van der Waals surface area contributed by atoms with Gasteiger partial charge in [0.25, 0.3) is 6.01 Å². The molecule has 3 aromatic rings. The van der Waals surface area contributed by atoms with Crippen LogP contribution in [0.5, 0.6) is 0 Å². The van der Waals surface area contributed by atoms with Crippen LogP contribution < -0.4 is 5.32 Å². The van der Waals surface area contributed by atoms with Crippen LogP contribution in [-0.4, -0.2) is 18.1 Å². The first-order valence-corrected chi connectivity index (χ1v) is 10.1. The molecule has 0 amide bonds. The molecule has 142 valence electrons. The van der Waals surface area contributed by atoms with E-state index in [4.69, 9.17) is 9.15 Å². The third-order valence-corrected chi connectivity index (χ3v) is 5.59. The zero-order valence-corrected chi connectivity index (χ0v) is 16.2. The molecule has 1 aliphatic carbocycles. The van der Waals surface area contributed by atoms with Crippen LogP contribution in [0.1, 0.15) is 57.1 Å². The highest BCUT2D eigenvalue weighted by Crippen LogP contribution is 2.29. The predicted molar refractivity (Wildman–Crippen MR) is 110 cm³/mol. The Morgan fingerprint density at radius 3 is 2.52 bits per heavy atom. The van der Waals surface area contributed by atoms with Crippen molar-refractivity contribution in [3.8, 4) is 11.1 Å². The van der Waals surface area contributed by atoms with Crippen molar-refractivity contribution in [3.05, 3.63) is 48.0 Å². The normalized spacial score (nSPS) is 16.5. The fourth-order valence-corrected chi connectivity index (χ4v) is 4.02. The van der Waals surface area contributed by atoms with Crippen molar-refractivity contribution >= 4 is 17.1 Å². The van der Waals surface area contributed by atoms with E-state index >= 15 is 0 Å². The number of nitrogens with one attached hydrogen (secondary N) is 1. The standard InChI is InChI=1S/C23H28N2O2/c1-3-21(26-2)17-11-9-16(10-12-17)18-13-14-22-20(15-18)25-23(27-22)24-19-7-5-4-6-8-19/h9-15,19,21H,3-8H2,1-2H3,(H,24,25). The van der Waals surface area contributed by atoms with Crippen molar-refractivity contribution in [2.24, 2.45) is 0 Å². The fraction of sp³-hybridized carbons (Fsp3) is 0.435. The lowest BCUT2D eigenvalue weighted by atomic mass is 9.96. The van der Waals surface area contributed by atoms with Gasteiger partial charge in [0.2, 0.25) is 0 Å². The summed E-state index contributed by atoms with van der Waals surface area (Å²) in [6.07, 6.45) is 7.47. The molecule has 2 aromatic carbocycles. The number of aromatic nitrogens is 1. The zero-order chi connectivity index (χ0) is 18.6. The van der Waals surface area contributed by atoms with E-state index in [1.165, 1.54) is 43.2 Å². The van der Waals surface area contributed by atoms with Gasteiger partial charge in [-0.3, -0.25) is 0 Å². The Morgan fingerprint density at radius 1 is 1.07 bits per heavy atom. The largest absolute Gasteiger partial charge is 0.424 e. The maximum atomic E-state index is 5.90. The Bertz CT molecular complexity index is 875. The molecule has 1 saturated carbocycles. The van der Waals surface area contributed by atoms with Crippen LogP contribution in [0, 0.1) is 0 Å². The van der Waals surface area contributed by atoms with Crippen LogP contribution >= 0.6 is 0 Å². The molecule has 1 atom stereocenters. The number of benzene rings is 2. The SMILES string of the molecule is CCC(OC)c1ccc(-c2ccc3oc(NC4CCCCC4)nc3c2)cc1. The van der Waals surface area contributed by atoms with E-state index in [0.717, 1.165) is 23.1 Å². The Kier molecular flexibility index (Phi) is 5.44. The van der Waals surface area contributed by atoms with Crippen LogP contribution in [0.4, 0.5) is 6.01 Å².